The molecule has 0 N–H and O–H groups in total. The molecule has 0 atom stereocenters. The van der Waals surface area contributed by atoms with Crippen LogP contribution in [0.25, 0.3) is 0 Å². The Labute approximate surface area is 184 Å². The number of amides is 1. The fourth-order valence-corrected chi connectivity index (χ4v) is 6.41. The molecular weight excluding hydrogens is 392 g/mol. The molecule has 0 radical (unpaired) electrons. The summed E-state index contributed by atoms with van der Waals surface area (Å²) in [5, 5.41) is 9.12. The first-order valence-electron chi connectivity index (χ1n) is 11.6. The molecule has 6 heteroatoms. The number of hydrogen-bond acceptors (Lipinski definition) is 5. The standard InChI is InChI=1S/C25H32N2O4/c1-2-18-4-6-22(7-5-18)30-17-24(29)31-16-23(28)27(9-3-8-26)25-13-19-10-20(14-25)12-21(11-19)15-25/h4-7,19-21H,2-3,9-17H2,1H3. The van der Waals surface area contributed by atoms with Crippen molar-refractivity contribution in [2.24, 2.45) is 17.8 Å². The zero-order chi connectivity index (χ0) is 21.8. The Kier molecular flexibility index (Phi) is 6.50. The molecule has 1 aromatic carbocycles. The normalized spacial score (nSPS) is 28.1. The molecule has 0 aromatic heterocycles. The predicted octanol–water partition coefficient (Wildman–Crippen LogP) is 3.88. The third-order valence-electron chi connectivity index (χ3n) is 7.37. The third kappa shape index (κ3) is 4.87. The lowest BCUT2D eigenvalue weighted by molar-refractivity contribution is -0.163. The van der Waals surface area contributed by atoms with E-state index in [0.29, 0.717) is 36.5 Å². The van der Waals surface area contributed by atoms with Crippen LogP contribution in [0.3, 0.4) is 0 Å². The highest BCUT2D eigenvalue weighted by Gasteiger charge is 2.54. The minimum absolute atomic E-state index is 0.146. The number of carbonyl (C=O) groups is 2. The zero-order valence-electron chi connectivity index (χ0n) is 18.3. The van der Waals surface area contributed by atoms with E-state index in [-0.39, 0.29) is 24.7 Å². The highest BCUT2D eigenvalue weighted by atomic mass is 16.6. The number of aryl methyl sites for hydroxylation is 1. The van der Waals surface area contributed by atoms with Gasteiger partial charge in [0.25, 0.3) is 5.91 Å². The number of esters is 1. The molecule has 31 heavy (non-hydrogen) atoms. The first-order valence-corrected chi connectivity index (χ1v) is 11.6. The minimum Gasteiger partial charge on any atom is -0.482 e. The van der Waals surface area contributed by atoms with Gasteiger partial charge in [-0.15, -0.1) is 0 Å². The average molecular weight is 425 g/mol. The largest absolute Gasteiger partial charge is 0.482 e. The summed E-state index contributed by atoms with van der Waals surface area (Å²) >= 11 is 0. The van der Waals surface area contributed by atoms with Crippen molar-refractivity contribution in [2.45, 2.75) is 63.8 Å². The topological polar surface area (TPSA) is 79.6 Å². The second-order valence-corrected chi connectivity index (χ2v) is 9.54. The summed E-state index contributed by atoms with van der Waals surface area (Å²) in [5.41, 5.74) is 1.05. The Balaban J connectivity index is 1.32. The van der Waals surface area contributed by atoms with Crippen LogP contribution < -0.4 is 4.74 Å². The average Bonchev–Trinajstić information content (AvgIpc) is 2.75. The second kappa shape index (κ2) is 9.30. The number of carbonyl (C=O) groups excluding carboxylic acids is 2. The van der Waals surface area contributed by atoms with Gasteiger partial charge in [-0.3, -0.25) is 4.79 Å². The summed E-state index contributed by atoms with van der Waals surface area (Å²) in [5.74, 6) is 1.94. The molecule has 166 valence electrons. The number of nitriles is 1. The van der Waals surface area contributed by atoms with Crippen LogP contribution in [0.2, 0.25) is 0 Å². The lowest BCUT2D eigenvalue weighted by Crippen LogP contribution is -2.62. The molecule has 4 aliphatic carbocycles. The van der Waals surface area contributed by atoms with Crippen LogP contribution in [-0.4, -0.2) is 42.1 Å². The molecule has 1 aromatic rings. The molecule has 0 heterocycles. The summed E-state index contributed by atoms with van der Waals surface area (Å²) in [6, 6.07) is 9.75. The van der Waals surface area contributed by atoms with Crippen LogP contribution in [0, 0.1) is 29.1 Å². The van der Waals surface area contributed by atoms with Crippen molar-refractivity contribution in [2.75, 3.05) is 19.8 Å². The molecule has 0 saturated heterocycles. The molecule has 0 unspecified atom stereocenters. The van der Waals surface area contributed by atoms with E-state index in [1.54, 1.807) is 0 Å². The monoisotopic (exact) mass is 424 g/mol. The third-order valence-corrected chi connectivity index (χ3v) is 7.37. The molecule has 4 aliphatic rings. The zero-order valence-corrected chi connectivity index (χ0v) is 18.3. The summed E-state index contributed by atoms with van der Waals surface area (Å²) in [6.45, 7) is 1.98. The summed E-state index contributed by atoms with van der Waals surface area (Å²) < 4.78 is 10.7. The molecule has 4 bridgehead atoms. The molecule has 1 amide bonds. The maximum Gasteiger partial charge on any atom is 0.344 e. The van der Waals surface area contributed by atoms with Crippen molar-refractivity contribution < 1.29 is 19.1 Å². The molecule has 6 nitrogen and oxygen atoms in total. The van der Waals surface area contributed by atoms with E-state index in [9.17, 15) is 9.59 Å². The molecule has 0 aliphatic heterocycles. The molecular formula is C25H32N2O4. The van der Waals surface area contributed by atoms with Gasteiger partial charge in [0.15, 0.2) is 13.2 Å². The van der Waals surface area contributed by atoms with Crippen LogP contribution in [0.1, 0.15) is 57.4 Å². The molecule has 4 saturated carbocycles. The number of benzene rings is 1. The SMILES string of the molecule is CCc1ccc(OCC(=O)OCC(=O)N(CCC#N)C23CC4CC(CC(C4)C2)C3)cc1. The first-order chi connectivity index (χ1) is 15.0. The fraction of sp³-hybridized carbons (Fsp3) is 0.640. The van der Waals surface area contributed by atoms with Crippen LogP contribution in [-0.2, 0) is 20.7 Å². The van der Waals surface area contributed by atoms with E-state index in [1.807, 2.05) is 29.2 Å². The number of rotatable bonds is 9. The summed E-state index contributed by atoms with van der Waals surface area (Å²) in [6.07, 6.45) is 8.18. The summed E-state index contributed by atoms with van der Waals surface area (Å²) in [4.78, 5) is 27.2. The van der Waals surface area contributed by atoms with Crippen molar-refractivity contribution in [1.82, 2.24) is 4.90 Å². The van der Waals surface area contributed by atoms with E-state index >= 15 is 0 Å². The van der Waals surface area contributed by atoms with E-state index in [4.69, 9.17) is 14.7 Å². The number of hydrogen-bond donors (Lipinski definition) is 0. The number of ether oxygens (including phenoxy) is 2. The second-order valence-electron chi connectivity index (χ2n) is 9.54. The predicted molar refractivity (Wildman–Crippen MR) is 115 cm³/mol. The maximum atomic E-state index is 13.1. The molecule has 0 spiro atoms. The van der Waals surface area contributed by atoms with E-state index in [2.05, 4.69) is 13.0 Å². The lowest BCUT2D eigenvalue weighted by Gasteiger charge is -2.60. The van der Waals surface area contributed by atoms with Crippen LogP contribution in [0.15, 0.2) is 24.3 Å². The highest BCUT2D eigenvalue weighted by molar-refractivity contribution is 5.81. The smallest absolute Gasteiger partial charge is 0.344 e. The van der Waals surface area contributed by atoms with Crippen molar-refractivity contribution in [3.05, 3.63) is 29.8 Å². The van der Waals surface area contributed by atoms with E-state index in [0.717, 1.165) is 25.7 Å². The number of nitrogens with zero attached hydrogens (tertiary/aromatic N) is 2. The van der Waals surface area contributed by atoms with E-state index < -0.39 is 5.97 Å². The van der Waals surface area contributed by atoms with Gasteiger partial charge >= 0.3 is 5.97 Å². The van der Waals surface area contributed by atoms with Crippen molar-refractivity contribution in [1.29, 1.82) is 5.26 Å². The van der Waals surface area contributed by atoms with Crippen molar-refractivity contribution in [3.8, 4) is 11.8 Å². The Hall–Kier alpha value is -2.55. The van der Waals surface area contributed by atoms with E-state index in [1.165, 1.54) is 24.8 Å². The lowest BCUT2D eigenvalue weighted by atomic mass is 9.52. The van der Waals surface area contributed by atoms with Crippen LogP contribution >= 0.6 is 0 Å². The van der Waals surface area contributed by atoms with Crippen molar-refractivity contribution in [3.63, 3.8) is 0 Å². The maximum absolute atomic E-state index is 13.1. The van der Waals surface area contributed by atoms with Gasteiger partial charge in [0, 0.05) is 12.1 Å². The van der Waals surface area contributed by atoms with Gasteiger partial charge in [0.2, 0.25) is 0 Å². The van der Waals surface area contributed by atoms with Crippen molar-refractivity contribution >= 4 is 11.9 Å². The van der Waals surface area contributed by atoms with Gasteiger partial charge in [-0.25, -0.2) is 4.79 Å². The first kappa shape index (κ1) is 21.7. The van der Waals surface area contributed by atoms with Gasteiger partial charge in [0.05, 0.1) is 12.5 Å². The van der Waals surface area contributed by atoms with Gasteiger partial charge in [-0.05, 0) is 80.4 Å². The van der Waals surface area contributed by atoms with Crippen LogP contribution in [0.5, 0.6) is 5.75 Å². The highest BCUT2D eigenvalue weighted by Crippen LogP contribution is 2.57. The summed E-state index contributed by atoms with van der Waals surface area (Å²) in [7, 11) is 0. The van der Waals surface area contributed by atoms with Gasteiger partial charge in [-0.1, -0.05) is 19.1 Å². The quantitative estimate of drug-likeness (QED) is 0.562. The van der Waals surface area contributed by atoms with Gasteiger partial charge < -0.3 is 14.4 Å². The Morgan fingerprint density at radius 3 is 2.23 bits per heavy atom. The fourth-order valence-electron chi connectivity index (χ4n) is 6.41. The van der Waals surface area contributed by atoms with Gasteiger partial charge in [-0.2, -0.15) is 5.26 Å². The minimum atomic E-state index is -0.557. The Morgan fingerprint density at radius 2 is 1.68 bits per heavy atom. The molecule has 4 fully saturated rings. The Bertz CT molecular complexity index is 807. The van der Waals surface area contributed by atoms with Crippen LogP contribution in [0.4, 0.5) is 0 Å². The molecule has 5 rings (SSSR count). The Morgan fingerprint density at radius 1 is 1.06 bits per heavy atom. The van der Waals surface area contributed by atoms with Gasteiger partial charge in [0.1, 0.15) is 5.75 Å².